The highest BCUT2D eigenvalue weighted by atomic mass is 16.5. The fourth-order valence-corrected chi connectivity index (χ4v) is 4.82. The predicted molar refractivity (Wildman–Crippen MR) is 119 cm³/mol. The molecule has 29 heavy (non-hydrogen) atoms. The van der Waals surface area contributed by atoms with Crippen LogP contribution in [0, 0.1) is 0 Å². The second-order valence-electron chi connectivity index (χ2n) is 7.90. The van der Waals surface area contributed by atoms with Crippen LogP contribution in [0.15, 0.2) is 72.8 Å². The van der Waals surface area contributed by atoms with Gasteiger partial charge in [0.1, 0.15) is 0 Å². The standard InChI is InChI=1S/C27H30O2/c1-28-26-23(20-12-6-3-7-13-20)18-19-24(27(26)29-2)25(21-14-8-4-9-15-21)22-16-10-5-11-17-22/h4-5,8-11,14-20,25H,3,6-7,12-13H2,1-2H3. The van der Waals surface area contributed by atoms with E-state index in [1.54, 1.807) is 14.2 Å². The van der Waals surface area contributed by atoms with Crippen LogP contribution in [0.25, 0.3) is 0 Å². The van der Waals surface area contributed by atoms with E-state index in [-0.39, 0.29) is 5.92 Å². The molecular formula is C27H30O2. The minimum Gasteiger partial charge on any atom is -0.493 e. The first-order chi connectivity index (χ1) is 14.3. The van der Waals surface area contributed by atoms with E-state index in [9.17, 15) is 0 Å². The van der Waals surface area contributed by atoms with Gasteiger partial charge in [0.2, 0.25) is 0 Å². The van der Waals surface area contributed by atoms with Crippen LogP contribution in [0.4, 0.5) is 0 Å². The maximum absolute atomic E-state index is 6.00. The van der Waals surface area contributed by atoms with Gasteiger partial charge in [-0.25, -0.2) is 0 Å². The summed E-state index contributed by atoms with van der Waals surface area (Å²) >= 11 is 0. The fourth-order valence-electron chi connectivity index (χ4n) is 4.82. The summed E-state index contributed by atoms with van der Waals surface area (Å²) in [7, 11) is 3.53. The summed E-state index contributed by atoms with van der Waals surface area (Å²) in [4.78, 5) is 0. The molecule has 4 rings (SSSR count). The summed E-state index contributed by atoms with van der Waals surface area (Å²) in [6.45, 7) is 0. The third-order valence-electron chi connectivity index (χ3n) is 6.20. The lowest BCUT2D eigenvalue weighted by molar-refractivity contribution is 0.340. The van der Waals surface area contributed by atoms with Gasteiger partial charge < -0.3 is 9.47 Å². The Bertz CT molecular complexity index is 873. The van der Waals surface area contributed by atoms with Gasteiger partial charge >= 0.3 is 0 Å². The molecule has 1 aliphatic rings. The maximum Gasteiger partial charge on any atom is 0.165 e. The molecule has 0 aliphatic heterocycles. The van der Waals surface area contributed by atoms with Gasteiger partial charge in [-0.05, 0) is 29.9 Å². The Kier molecular flexibility index (Phi) is 6.19. The summed E-state index contributed by atoms with van der Waals surface area (Å²) < 4.78 is 12.0. The summed E-state index contributed by atoms with van der Waals surface area (Å²) in [5.74, 6) is 2.44. The summed E-state index contributed by atoms with van der Waals surface area (Å²) in [6.07, 6.45) is 6.42. The molecule has 0 N–H and O–H groups in total. The minimum absolute atomic E-state index is 0.0988. The highest BCUT2D eigenvalue weighted by Crippen LogP contribution is 2.47. The van der Waals surface area contributed by atoms with Crippen molar-refractivity contribution in [2.24, 2.45) is 0 Å². The molecule has 3 aromatic carbocycles. The highest BCUT2D eigenvalue weighted by Gasteiger charge is 2.27. The normalized spacial score (nSPS) is 14.7. The van der Waals surface area contributed by atoms with Crippen LogP contribution in [0.3, 0.4) is 0 Å². The first-order valence-corrected chi connectivity index (χ1v) is 10.7. The molecule has 0 aromatic heterocycles. The lowest BCUT2D eigenvalue weighted by Gasteiger charge is -2.28. The Morgan fingerprint density at radius 1 is 0.655 bits per heavy atom. The number of hydrogen-bond acceptors (Lipinski definition) is 2. The third-order valence-corrected chi connectivity index (χ3v) is 6.20. The minimum atomic E-state index is 0.0988. The number of benzene rings is 3. The average molecular weight is 387 g/mol. The predicted octanol–water partition coefficient (Wildman–Crippen LogP) is 6.93. The Morgan fingerprint density at radius 3 is 1.72 bits per heavy atom. The van der Waals surface area contributed by atoms with Gasteiger partial charge in [-0.1, -0.05) is 92.1 Å². The molecule has 0 radical (unpaired) electrons. The van der Waals surface area contributed by atoms with Crippen molar-refractivity contribution < 1.29 is 9.47 Å². The van der Waals surface area contributed by atoms with Crippen LogP contribution in [-0.2, 0) is 0 Å². The van der Waals surface area contributed by atoms with Crippen LogP contribution in [0.5, 0.6) is 11.5 Å². The first-order valence-electron chi connectivity index (χ1n) is 10.7. The van der Waals surface area contributed by atoms with E-state index in [1.807, 2.05) is 0 Å². The molecule has 0 atom stereocenters. The molecule has 0 bridgehead atoms. The van der Waals surface area contributed by atoms with Gasteiger partial charge in [-0.3, -0.25) is 0 Å². The fraction of sp³-hybridized carbons (Fsp3) is 0.333. The SMILES string of the molecule is COc1c(C2CCCCC2)ccc(C(c2ccccc2)c2ccccc2)c1OC. The second kappa shape index (κ2) is 9.17. The Morgan fingerprint density at radius 2 is 1.21 bits per heavy atom. The van der Waals surface area contributed by atoms with Crippen molar-refractivity contribution in [3.63, 3.8) is 0 Å². The molecule has 0 heterocycles. The van der Waals surface area contributed by atoms with Crippen LogP contribution in [0.1, 0.15) is 66.2 Å². The molecule has 2 nitrogen and oxygen atoms in total. The Balaban J connectivity index is 1.86. The topological polar surface area (TPSA) is 18.5 Å². The van der Waals surface area contributed by atoms with E-state index >= 15 is 0 Å². The van der Waals surface area contributed by atoms with Crippen LogP contribution in [0.2, 0.25) is 0 Å². The van der Waals surface area contributed by atoms with Crippen molar-refractivity contribution in [3.8, 4) is 11.5 Å². The van der Waals surface area contributed by atoms with Crippen molar-refractivity contribution in [1.29, 1.82) is 0 Å². The Hall–Kier alpha value is -2.74. The van der Waals surface area contributed by atoms with E-state index in [2.05, 4.69) is 72.8 Å². The lowest BCUT2D eigenvalue weighted by atomic mass is 9.80. The molecule has 0 unspecified atom stereocenters. The van der Waals surface area contributed by atoms with E-state index in [0.29, 0.717) is 5.92 Å². The van der Waals surface area contributed by atoms with Crippen LogP contribution >= 0.6 is 0 Å². The molecular weight excluding hydrogens is 356 g/mol. The van der Waals surface area contributed by atoms with E-state index in [0.717, 1.165) is 17.1 Å². The largest absolute Gasteiger partial charge is 0.493 e. The summed E-state index contributed by atoms with van der Waals surface area (Å²) in [5, 5.41) is 0. The molecule has 150 valence electrons. The smallest absolute Gasteiger partial charge is 0.165 e. The van der Waals surface area contributed by atoms with Gasteiger partial charge in [-0.15, -0.1) is 0 Å². The quantitative estimate of drug-likeness (QED) is 0.428. The van der Waals surface area contributed by atoms with Crippen LogP contribution < -0.4 is 9.47 Å². The van der Waals surface area contributed by atoms with Gasteiger partial charge in [-0.2, -0.15) is 0 Å². The molecule has 1 fully saturated rings. The highest BCUT2D eigenvalue weighted by molar-refractivity contribution is 5.59. The van der Waals surface area contributed by atoms with E-state index in [4.69, 9.17) is 9.47 Å². The zero-order valence-electron chi connectivity index (χ0n) is 17.4. The molecule has 2 heteroatoms. The monoisotopic (exact) mass is 386 g/mol. The summed E-state index contributed by atoms with van der Waals surface area (Å²) in [6, 6.07) is 25.9. The molecule has 0 spiro atoms. The van der Waals surface area contributed by atoms with Crippen molar-refractivity contribution in [3.05, 3.63) is 95.1 Å². The molecule has 3 aromatic rings. The molecule has 0 amide bonds. The number of rotatable bonds is 6. The van der Waals surface area contributed by atoms with E-state index in [1.165, 1.54) is 48.8 Å². The van der Waals surface area contributed by atoms with Crippen molar-refractivity contribution in [2.45, 2.75) is 43.9 Å². The number of hydrogen-bond donors (Lipinski definition) is 0. The van der Waals surface area contributed by atoms with Crippen molar-refractivity contribution in [2.75, 3.05) is 14.2 Å². The number of methoxy groups -OCH3 is 2. The van der Waals surface area contributed by atoms with E-state index < -0.39 is 0 Å². The zero-order valence-corrected chi connectivity index (χ0v) is 17.4. The zero-order chi connectivity index (χ0) is 20.1. The van der Waals surface area contributed by atoms with Crippen molar-refractivity contribution in [1.82, 2.24) is 0 Å². The van der Waals surface area contributed by atoms with Gasteiger partial charge in [0, 0.05) is 17.0 Å². The Labute approximate surface area is 174 Å². The average Bonchev–Trinajstić information content (AvgIpc) is 2.80. The van der Waals surface area contributed by atoms with Gasteiger partial charge in [0.15, 0.2) is 11.5 Å². The summed E-state index contributed by atoms with van der Waals surface area (Å²) in [5.41, 5.74) is 4.96. The molecule has 0 saturated heterocycles. The van der Waals surface area contributed by atoms with Gasteiger partial charge in [0.25, 0.3) is 0 Å². The maximum atomic E-state index is 6.00. The molecule has 1 saturated carbocycles. The van der Waals surface area contributed by atoms with Crippen molar-refractivity contribution >= 4 is 0 Å². The first kappa shape index (κ1) is 19.6. The number of ether oxygens (including phenoxy) is 2. The third kappa shape index (κ3) is 4.03. The molecule has 1 aliphatic carbocycles. The van der Waals surface area contributed by atoms with Crippen LogP contribution in [-0.4, -0.2) is 14.2 Å². The van der Waals surface area contributed by atoms with Gasteiger partial charge in [0.05, 0.1) is 14.2 Å². The lowest BCUT2D eigenvalue weighted by Crippen LogP contribution is -2.11. The second-order valence-corrected chi connectivity index (χ2v) is 7.90.